The molecule has 1 saturated carbocycles. The van der Waals surface area contributed by atoms with E-state index >= 15 is 0 Å². The molecule has 64 valence electrons. The minimum Gasteiger partial charge on any atom is -0.261 e. The molecule has 0 aromatic carbocycles. The van der Waals surface area contributed by atoms with Crippen LogP contribution in [0.25, 0.3) is 0 Å². The molecule has 0 bridgehead atoms. The van der Waals surface area contributed by atoms with E-state index in [1.54, 1.807) is 12.4 Å². The van der Waals surface area contributed by atoms with Crippen LogP contribution in [0.2, 0.25) is 0 Å². The van der Waals surface area contributed by atoms with Crippen LogP contribution in [0.15, 0.2) is 18.6 Å². The van der Waals surface area contributed by atoms with E-state index in [-0.39, 0.29) is 0 Å². The van der Waals surface area contributed by atoms with Crippen LogP contribution in [0, 0.1) is 5.92 Å². The van der Waals surface area contributed by atoms with Crippen LogP contribution in [0.3, 0.4) is 0 Å². The molecule has 1 fully saturated rings. The Bertz CT molecular complexity index is 227. The zero-order chi connectivity index (χ0) is 8.23. The first-order valence-corrected chi connectivity index (χ1v) is 4.70. The van der Waals surface area contributed by atoms with Crippen molar-refractivity contribution in [1.29, 1.82) is 0 Å². The Labute approximate surface area is 73.1 Å². The highest BCUT2D eigenvalue weighted by molar-refractivity contribution is 4.96. The Morgan fingerprint density at radius 1 is 1.25 bits per heavy atom. The molecule has 0 aliphatic heterocycles. The van der Waals surface area contributed by atoms with Gasteiger partial charge in [0.2, 0.25) is 0 Å². The Balaban J connectivity index is 1.94. The highest BCUT2D eigenvalue weighted by Gasteiger charge is 2.15. The SMILES string of the molecule is c1cnc(CC2CCCC2)cn1. The zero-order valence-corrected chi connectivity index (χ0v) is 7.24. The van der Waals surface area contributed by atoms with Crippen LogP contribution in [0.5, 0.6) is 0 Å². The van der Waals surface area contributed by atoms with Crippen molar-refractivity contribution in [1.82, 2.24) is 9.97 Å². The van der Waals surface area contributed by atoms with Crippen LogP contribution in [-0.2, 0) is 6.42 Å². The maximum Gasteiger partial charge on any atom is 0.0589 e. The molecule has 2 nitrogen and oxygen atoms in total. The van der Waals surface area contributed by atoms with Gasteiger partial charge in [0.15, 0.2) is 0 Å². The molecule has 0 atom stereocenters. The summed E-state index contributed by atoms with van der Waals surface area (Å²) in [5.74, 6) is 0.877. The van der Waals surface area contributed by atoms with Crippen molar-refractivity contribution in [3.63, 3.8) is 0 Å². The van der Waals surface area contributed by atoms with Crippen molar-refractivity contribution in [3.8, 4) is 0 Å². The summed E-state index contributed by atoms with van der Waals surface area (Å²) in [5.41, 5.74) is 1.16. The van der Waals surface area contributed by atoms with Crippen molar-refractivity contribution in [2.75, 3.05) is 0 Å². The summed E-state index contributed by atoms with van der Waals surface area (Å²) < 4.78 is 0. The predicted molar refractivity (Wildman–Crippen MR) is 47.7 cm³/mol. The van der Waals surface area contributed by atoms with Gasteiger partial charge in [0.1, 0.15) is 0 Å². The molecule has 2 heteroatoms. The standard InChI is InChI=1S/C10H14N2/c1-2-4-9(3-1)7-10-8-11-5-6-12-10/h5-6,8-9H,1-4,7H2. The lowest BCUT2D eigenvalue weighted by atomic mass is 10.0. The molecule has 1 aliphatic carbocycles. The maximum atomic E-state index is 4.28. The van der Waals surface area contributed by atoms with Gasteiger partial charge in [-0.15, -0.1) is 0 Å². The lowest BCUT2D eigenvalue weighted by Crippen LogP contribution is -2.00. The van der Waals surface area contributed by atoms with Crippen LogP contribution in [0.4, 0.5) is 0 Å². The summed E-state index contributed by atoms with van der Waals surface area (Å²) >= 11 is 0. The normalized spacial score (nSPS) is 18.3. The van der Waals surface area contributed by atoms with Crippen LogP contribution in [0.1, 0.15) is 31.4 Å². The molecule has 0 saturated heterocycles. The fraction of sp³-hybridized carbons (Fsp3) is 0.600. The minimum absolute atomic E-state index is 0.877. The van der Waals surface area contributed by atoms with E-state index in [1.165, 1.54) is 25.7 Å². The van der Waals surface area contributed by atoms with Gasteiger partial charge >= 0.3 is 0 Å². The van der Waals surface area contributed by atoms with Gasteiger partial charge in [-0.05, 0) is 12.3 Å². The average Bonchev–Trinajstić information content (AvgIpc) is 2.59. The second kappa shape index (κ2) is 3.65. The molecule has 0 radical (unpaired) electrons. The van der Waals surface area contributed by atoms with Crippen molar-refractivity contribution in [2.45, 2.75) is 32.1 Å². The van der Waals surface area contributed by atoms with E-state index in [1.807, 2.05) is 6.20 Å². The van der Waals surface area contributed by atoms with E-state index in [0.29, 0.717) is 0 Å². The van der Waals surface area contributed by atoms with E-state index in [2.05, 4.69) is 9.97 Å². The number of aromatic nitrogens is 2. The zero-order valence-electron chi connectivity index (χ0n) is 7.24. The van der Waals surface area contributed by atoms with Gasteiger partial charge in [-0.1, -0.05) is 25.7 Å². The van der Waals surface area contributed by atoms with Crippen molar-refractivity contribution in [3.05, 3.63) is 24.3 Å². The van der Waals surface area contributed by atoms with E-state index in [0.717, 1.165) is 18.0 Å². The third-order valence-corrected chi connectivity index (χ3v) is 2.59. The molecule has 1 heterocycles. The first-order valence-electron chi connectivity index (χ1n) is 4.70. The Hall–Kier alpha value is -0.920. The van der Waals surface area contributed by atoms with Crippen LogP contribution in [-0.4, -0.2) is 9.97 Å². The van der Waals surface area contributed by atoms with Gasteiger partial charge in [-0.3, -0.25) is 9.97 Å². The van der Waals surface area contributed by atoms with Crippen molar-refractivity contribution < 1.29 is 0 Å². The Morgan fingerprint density at radius 3 is 2.75 bits per heavy atom. The van der Waals surface area contributed by atoms with E-state index < -0.39 is 0 Å². The van der Waals surface area contributed by atoms with E-state index in [4.69, 9.17) is 0 Å². The third-order valence-electron chi connectivity index (χ3n) is 2.59. The summed E-state index contributed by atoms with van der Waals surface area (Å²) in [6.45, 7) is 0. The van der Waals surface area contributed by atoms with Crippen molar-refractivity contribution in [2.24, 2.45) is 5.92 Å². The molecule has 0 amide bonds. The number of hydrogen-bond donors (Lipinski definition) is 0. The molecule has 1 aromatic rings. The molecule has 0 unspecified atom stereocenters. The largest absolute Gasteiger partial charge is 0.261 e. The Morgan fingerprint density at radius 2 is 2.08 bits per heavy atom. The fourth-order valence-corrected chi connectivity index (χ4v) is 1.95. The second-order valence-corrected chi connectivity index (χ2v) is 3.55. The molecule has 2 rings (SSSR count). The summed E-state index contributed by atoms with van der Waals surface area (Å²) in [7, 11) is 0. The van der Waals surface area contributed by atoms with Gasteiger partial charge in [0.25, 0.3) is 0 Å². The topological polar surface area (TPSA) is 25.8 Å². The van der Waals surface area contributed by atoms with Gasteiger partial charge in [0.05, 0.1) is 5.69 Å². The second-order valence-electron chi connectivity index (χ2n) is 3.55. The number of hydrogen-bond acceptors (Lipinski definition) is 2. The first kappa shape index (κ1) is 7.71. The third kappa shape index (κ3) is 1.81. The summed E-state index contributed by atoms with van der Waals surface area (Å²) in [4.78, 5) is 8.34. The van der Waals surface area contributed by atoms with Gasteiger partial charge in [-0.2, -0.15) is 0 Å². The maximum absolute atomic E-state index is 4.28. The highest BCUT2D eigenvalue weighted by Crippen LogP contribution is 2.26. The quantitative estimate of drug-likeness (QED) is 0.666. The minimum atomic E-state index is 0.877. The smallest absolute Gasteiger partial charge is 0.0589 e. The molecule has 1 aromatic heterocycles. The lowest BCUT2D eigenvalue weighted by Gasteiger charge is -2.06. The van der Waals surface area contributed by atoms with Crippen LogP contribution >= 0.6 is 0 Å². The number of nitrogens with zero attached hydrogens (tertiary/aromatic N) is 2. The summed E-state index contributed by atoms with van der Waals surface area (Å²) in [5, 5.41) is 0. The van der Waals surface area contributed by atoms with Gasteiger partial charge in [0, 0.05) is 18.6 Å². The molecule has 0 N–H and O–H groups in total. The summed E-state index contributed by atoms with van der Waals surface area (Å²) in [6.07, 6.45) is 12.1. The van der Waals surface area contributed by atoms with Crippen molar-refractivity contribution >= 4 is 0 Å². The molecule has 1 aliphatic rings. The summed E-state index contributed by atoms with van der Waals surface area (Å²) in [6, 6.07) is 0. The molecular weight excluding hydrogens is 148 g/mol. The van der Waals surface area contributed by atoms with E-state index in [9.17, 15) is 0 Å². The van der Waals surface area contributed by atoms with Gasteiger partial charge in [-0.25, -0.2) is 0 Å². The average molecular weight is 162 g/mol. The number of rotatable bonds is 2. The Kier molecular flexibility index (Phi) is 2.35. The molecular formula is C10H14N2. The lowest BCUT2D eigenvalue weighted by molar-refractivity contribution is 0.538. The molecule has 12 heavy (non-hydrogen) atoms. The first-order chi connectivity index (χ1) is 5.95. The van der Waals surface area contributed by atoms with Gasteiger partial charge < -0.3 is 0 Å². The molecule has 0 spiro atoms. The highest BCUT2D eigenvalue weighted by atomic mass is 14.8. The monoisotopic (exact) mass is 162 g/mol. The van der Waals surface area contributed by atoms with Crippen LogP contribution < -0.4 is 0 Å². The predicted octanol–water partition coefficient (Wildman–Crippen LogP) is 2.21. The fourth-order valence-electron chi connectivity index (χ4n) is 1.95.